The highest BCUT2D eigenvalue weighted by molar-refractivity contribution is 7.87. The van der Waals surface area contributed by atoms with Crippen LogP contribution in [0.5, 0.6) is 5.75 Å². The molecule has 26 heavy (non-hydrogen) atoms. The van der Waals surface area contributed by atoms with E-state index in [2.05, 4.69) is 9.97 Å². The molecule has 138 valence electrons. The summed E-state index contributed by atoms with van der Waals surface area (Å²) in [5, 5.41) is -0.598. The van der Waals surface area contributed by atoms with E-state index in [1.54, 1.807) is 24.7 Å². The lowest BCUT2D eigenvalue weighted by Crippen LogP contribution is -2.38. The van der Waals surface area contributed by atoms with Gasteiger partial charge in [0.1, 0.15) is 5.25 Å². The van der Waals surface area contributed by atoms with Gasteiger partial charge in [0.25, 0.3) is 0 Å². The van der Waals surface area contributed by atoms with Crippen molar-refractivity contribution < 1.29 is 17.3 Å². The van der Waals surface area contributed by atoms with Gasteiger partial charge in [-0.25, -0.2) is 0 Å². The number of hydrogen-bond donors (Lipinski definition) is 0. The summed E-state index contributed by atoms with van der Waals surface area (Å²) in [6.07, 6.45) is 10.3. The topological polar surface area (TPSA) is 78.4 Å². The van der Waals surface area contributed by atoms with Gasteiger partial charge in [0.2, 0.25) is 0 Å². The van der Waals surface area contributed by atoms with Crippen LogP contribution in [-0.4, -0.2) is 36.3 Å². The molecule has 1 aliphatic carbocycles. The van der Waals surface area contributed by atoms with Crippen molar-refractivity contribution in [2.45, 2.75) is 43.5 Å². The van der Waals surface area contributed by atoms with Gasteiger partial charge >= 0.3 is 10.1 Å². The van der Waals surface area contributed by atoms with E-state index in [0.717, 1.165) is 30.4 Å². The Morgan fingerprint density at radius 2 is 1.85 bits per heavy atom. The van der Waals surface area contributed by atoms with Crippen molar-refractivity contribution in [2.75, 3.05) is 6.61 Å². The fraction of sp³-hybridized carbons (Fsp3) is 0.474. The van der Waals surface area contributed by atoms with Crippen LogP contribution in [-0.2, 0) is 21.3 Å². The Balaban J connectivity index is 1.50. The highest BCUT2D eigenvalue weighted by Crippen LogP contribution is 2.35. The van der Waals surface area contributed by atoms with Crippen LogP contribution in [0.2, 0.25) is 0 Å². The van der Waals surface area contributed by atoms with Gasteiger partial charge < -0.3 is 8.92 Å². The maximum absolute atomic E-state index is 12.8. The second-order valence-corrected chi connectivity index (χ2v) is 8.83. The summed E-state index contributed by atoms with van der Waals surface area (Å²) in [6.45, 7) is 0.666. The average molecular weight is 374 g/mol. The Bertz CT molecular complexity index is 849. The van der Waals surface area contributed by atoms with Gasteiger partial charge in [0, 0.05) is 25.2 Å². The summed E-state index contributed by atoms with van der Waals surface area (Å²) in [4.78, 5) is 8.14. The standard InChI is InChI=1S/C19H22N2O4S/c22-26(23,19-4-2-15-1-3-18(19)24-13-15)25-17-10-16(11-21-12-17)9-14-5-7-20-8-6-14/h5-8,10-12,15,18-19H,1-4,9,13H2. The maximum atomic E-state index is 12.8. The molecule has 3 aliphatic rings. The van der Waals surface area contributed by atoms with E-state index < -0.39 is 15.4 Å². The van der Waals surface area contributed by atoms with Crippen LogP contribution in [0.3, 0.4) is 0 Å². The predicted octanol–water partition coefficient (Wildman–Crippen LogP) is 2.73. The lowest BCUT2D eigenvalue weighted by molar-refractivity contribution is -0.000612. The molecular weight excluding hydrogens is 352 g/mol. The summed E-state index contributed by atoms with van der Waals surface area (Å²) in [5.41, 5.74) is 1.97. The van der Waals surface area contributed by atoms with E-state index >= 15 is 0 Å². The van der Waals surface area contributed by atoms with Gasteiger partial charge in [-0.1, -0.05) is 0 Å². The largest absolute Gasteiger partial charge is 0.380 e. The molecule has 2 aliphatic heterocycles. The zero-order valence-corrected chi connectivity index (χ0v) is 15.3. The van der Waals surface area contributed by atoms with Crippen LogP contribution >= 0.6 is 0 Å². The molecule has 0 aromatic carbocycles. The molecule has 2 bridgehead atoms. The summed E-state index contributed by atoms with van der Waals surface area (Å²) in [6, 6.07) is 5.58. The number of rotatable bonds is 5. The Kier molecular flexibility index (Phi) is 4.91. The van der Waals surface area contributed by atoms with Crippen molar-refractivity contribution >= 4 is 10.1 Å². The van der Waals surface area contributed by atoms with Crippen LogP contribution in [0.1, 0.15) is 36.8 Å². The zero-order valence-electron chi connectivity index (χ0n) is 14.5. The Morgan fingerprint density at radius 1 is 1.04 bits per heavy atom. The minimum absolute atomic E-state index is 0.258. The number of hydrogen-bond acceptors (Lipinski definition) is 6. The van der Waals surface area contributed by atoms with Crippen molar-refractivity contribution in [1.82, 2.24) is 9.97 Å². The predicted molar refractivity (Wildman–Crippen MR) is 96.3 cm³/mol. The van der Waals surface area contributed by atoms with Crippen molar-refractivity contribution in [3.8, 4) is 5.75 Å². The van der Waals surface area contributed by atoms with Gasteiger partial charge in [-0.15, -0.1) is 0 Å². The van der Waals surface area contributed by atoms with Gasteiger partial charge in [-0.05, 0) is 67.3 Å². The van der Waals surface area contributed by atoms with Crippen molar-refractivity contribution in [3.63, 3.8) is 0 Å². The van der Waals surface area contributed by atoms with Gasteiger partial charge in [0.15, 0.2) is 5.75 Å². The number of aromatic nitrogens is 2. The summed E-state index contributed by atoms with van der Waals surface area (Å²) >= 11 is 0. The molecular formula is C19H22N2O4S. The minimum atomic E-state index is -3.76. The van der Waals surface area contributed by atoms with E-state index in [-0.39, 0.29) is 11.9 Å². The molecule has 0 amide bonds. The fourth-order valence-corrected chi connectivity index (χ4v) is 5.30. The molecule has 3 atom stereocenters. The Morgan fingerprint density at radius 3 is 2.62 bits per heavy atom. The maximum Gasteiger partial charge on any atom is 0.314 e. The molecule has 1 saturated carbocycles. The van der Waals surface area contributed by atoms with Crippen LogP contribution < -0.4 is 4.18 Å². The van der Waals surface area contributed by atoms with Crippen molar-refractivity contribution in [3.05, 3.63) is 54.1 Å². The van der Waals surface area contributed by atoms with E-state index in [4.69, 9.17) is 8.92 Å². The third-order valence-corrected chi connectivity index (χ3v) is 6.90. The third-order valence-electron chi connectivity index (χ3n) is 5.19. The summed E-state index contributed by atoms with van der Waals surface area (Å²) in [5.74, 6) is 0.743. The van der Waals surface area contributed by atoms with Crippen LogP contribution in [0.25, 0.3) is 0 Å². The molecule has 5 rings (SSSR count). The number of pyridine rings is 2. The molecule has 2 aromatic rings. The zero-order chi connectivity index (χ0) is 18.0. The first-order valence-electron chi connectivity index (χ1n) is 8.98. The first-order chi connectivity index (χ1) is 12.6. The van der Waals surface area contributed by atoms with Gasteiger partial charge in [-0.3, -0.25) is 9.97 Å². The molecule has 2 aromatic heterocycles. The summed E-state index contributed by atoms with van der Waals surface area (Å²) in [7, 11) is -3.76. The van der Waals surface area contributed by atoms with Crippen molar-refractivity contribution in [1.29, 1.82) is 0 Å². The number of ether oxygens (including phenoxy) is 1. The molecule has 6 nitrogen and oxygen atoms in total. The fourth-order valence-electron chi connectivity index (χ4n) is 3.80. The first-order valence-corrected chi connectivity index (χ1v) is 10.4. The monoisotopic (exact) mass is 374 g/mol. The van der Waals surface area contributed by atoms with E-state index in [0.29, 0.717) is 25.4 Å². The van der Waals surface area contributed by atoms with E-state index in [1.807, 2.05) is 12.1 Å². The SMILES string of the molecule is O=S(=O)(Oc1cncc(Cc2ccncc2)c1)C1CCC2CCC1OC2. The third kappa shape index (κ3) is 3.88. The molecule has 4 heterocycles. The first kappa shape index (κ1) is 17.4. The number of nitrogens with zero attached hydrogens (tertiary/aromatic N) is 2. The normalized spacial score (nSPS) is 25.6. The number of fused-ring (bicyclic) bond motifs is 4. The Hall–Kier alpha value is -1.99. The van der Waals surface area contributed by atoms with E-state index in [9.17, 15) is 8.42 Å². The molecule has 3 fully saturated rings. The minimum Gasteiger partial charge on any atom is -0.380 e. The average Bonchev–Trinajstić information content (AvgIpc) is 2.97. The van der Waals surface area contributed by atoms with Crippen LogP contribution in [0.15, 0.2) is 43.0 Å². The molecule has 2 saturated heterocycles. The molecule has 3 unspecified atom stereocenters. The second-order valence-electron chi connectivity index (χ2n) is 7.07. The van der Waals surface area contributed by atoms with Crippen LogP contribution in [0.4, 0.5) is 0 Å². The van der Waals surface area contributed by atoms with Crippen molar-refractivity contribution in [2.24, 2.45) is 5.92 Å². The van der Waals surface area contributed by atoms with E-state index in [1.165, 1.54) is 6.20 Å². The Labute approximate surface area is 153 Å². The lowest BCUT2D eigenvalue weighted by Gasteiger charge is -2.27. The smallest absolute Gasteiger partial charge is 0.314 e. The second kappa shape index (κ2) is 7.32. The van der Waals surface area contributed by atoms with Crippen LogP contribution in [0, 0.1) is 5.92 Å². The summed E-state index contributed by atoms with van der Waals surface area (Å²) < 4.78 is 36.9. The highest BCUT2D eigenvalue weighted by Gasteiger charge is 2.41. The highest BCUT2D eigenvalue weighted by atomic mass is 32.2. The quantitative estimate of drug-likeness (QED) is 0.749. The molecule has 0 radical (unpaired) electrons. The molecule has 0 N–H and O–H groups in total. The molecule has 7 heteroatoms. The van der Waals surface area contributed by atoms with Gasteiger partial charge in [0.05, 0.1) is 12.3 Å². The lowest BCUT2D eigenvalue weighted by atomic mass is 10.00. The molecule has 0 spiro atoms. The van der Waals surface area contributed by atoms with Gasteiger partial charge in [-0.2, -0.15) is 8.42 Å².